The molecule has 0 saturated heterocycles. The van der Waals surface area contributed by atoms with Gasteiger partial charge in [0.15, 0.2) is 0 Å². The van der Waals surface area contributed by atoms with E-state index in [-0.39, 0.29) is 18.1 Å². The summed E-state index contributed by atoms with van der Waals surface area (Å²) < 4.78 is 31.4. The van der Waals surface area contributed by atoms with Crippen molar-refractivity contribution in [2.45, 2.75) is 39.8 Å². The molecule has 0 atom stereocenters. The zero-order chi connectivity index (χ0) is 23.2. The fourth-order valence-electron chi connectivity index (χ4n) is 2.83. The number of benzene rings is 2. The molecule has 8 nitrogen and oxygen atoms in total. The average Bonchev–Trinajstić information content (AvgIpc) is 2.64. The first-order valence-corrected chi connectivity index (χ1v) is 11.8. The van der Waals surface area contributed by atoms with Crippen LogP contribution in [0.15, 0.2) is 48.5 Å². The van der Waals surface area contributed by atoms with Crippen molar-refractivity contribution >= 4 is 33.2 Å². The normalized spacial score (nSPS) is 11.3. The number of nitrogens with zero attached hydrogens (tertiary/aromatic N) is 1. The van der Waals surface area contributed by atoms with Crippen LogP contribution in [0.1, 0.15) is 38.1 Å². The Labute approximate surface area is 183 Å². The molecule has 0 saturated carbocycles. The summed E-state index contributed by atoms with van der Waals surface area (Å²) in [5, 5.41) is 5.42. The van der Waals surface area contributed by atoms with Gasteiger partial charge in [-0.15, -0.1) is 0 Å². The number of amides is 2. The Morgan fingerprint density at radius 3 is 2.32 bits per heavy atom. The highest BCUT2D eigenvalue weighted by Gasteiger charge is 2.22. The number of hydrogen-bond donors (Lipinski definition) is 2. The minimum atomic E-state index is -3.76. The Morgan fingerprint density at radius 2 is 1.71 bits per heavy atom. The maximum absolute atomic E-state index is 12.7. The highest BCUT2D eigenvalue weighted by Crippen LogP contribution is 2.24. The van der Waals surface area contributed by atoms with Gasteiger partial charge in [0.2, 0.25) is 15.9 Å². The maximum atomic E-state index is 12.7. The van der Waals surface area contributed by atoms with Gasteiger partial charge in [0.05, 0.1) is 29.3 Å². The van der Waals surface area contributed by atoms with Crippen LogP contribution in [0.25, 0.3) is 0 Å². The fourth-order valence-corrected chi connectivity index (χ4v) is 3.68. The van der Waals surface area contributed by atoms with Crippen molar-refractivity contribution in [3.63, 3.8) is 0 Å². The molecule has 0 radical (unpaired) electrons. The number of para-hydroxylation sites is 1. The average molecular weight is 448 g/mol. The van der Waals surface area contributed by atoms with Crippen molar-refractivity contribution in [3.8, 4) is 5.75 Å². The van der Waals surface area contributed by atoms with E-state index >= 15 is 0 Å². The van der Waals surface area contributed by atoms with Crippen LogP contribution < -0.4 is 19.7 Å². The number of hydrogen-bond acceptors (Lipinski definition) is 5. The van der Waals surface area contributed by atoms with Crippen LogP contribution in [0.4, 0.5) is 11.4 Å². The van der Waals surface area contributed by atoms with Crippen molar-refractivity contribution in [1.82, 2.24) is 5.32 Å². The highest BCUT2D eigenvalue weighted by molar-refractivity contribution is 7.92. The van der Waals surface area contributed by atoms with E-state index in [4.69, 9.17) is 4.74 Å². The maximum Gasteiger partial charge on any atom is 0.253 e. The summed E-state index contributed by atoms with van der Waals surface area (Å²) in [6, 6.07) is 13.0. The van der Waals surface area contributed by atoms with Gasteiger partial charge >= 0.3 is 0 Å². The van der Waals surface area contributed by atoms with Gasteiger partial charge < -0.3 is 15.4 Å². The number of anilines is 2. The van der Waals surface area contributed by atoms with Crippen molar-refractivity contribution < 1.29 is 22.7 Å². The molecular weight excluding hydrogens is 418 g/mol. The number of rotatable bonds is 9. The third kappa shape index (κ3) is 7.29. The van der Waals surface area contributed by atoms with Gasteiger partial charge in [-0.2, -0.15) is 0 Å². The lowest BCUT2D eigenvalue weighted by Crippen LogP contribution is -2.38. The van der Waals surface area contributed by atoms with Crippen molar-refractivity contribution in [2.75, 3.05) is 22.4 Å². The Kier molecular flexibility index (Phi) is 8.04. The van der Waals surface area contributed by atoms with Crippen LogP contribution in [0.3, 0.4) is 0 Å². The second kappa shape index (κ2) is 10.3. The minimum absolute atomic E-state index is 0.0719. The molecule has 168 valence electrons. The predicted octanol–water partition coefficient (Wildman–Crippen LogP) is 3.02. The fraction of sp³-hybridized carbons (Fsp3) is 0.364. The van der Waals surface area contributed by atoms with E-state index in [9.17, 15) is 18.0 Å². The molecule has 2 rings (SSSR count). The summed E-state index contributed by atoms with van der Waals surface area (Å²) in [5.74, 6) is -0.410. The Morgan fingerprint density at radius 1 is 1.03 bits per heavy atom. The third-order valence-corrected chi connectivity index (χ3v) is 5.17. The molecule has 9 heteroatoms. The zero-order valence-corrected chi connectivity index (χ0v) is 19.2. The molecule has 31 heavy (non-hydrogen) atoms. The largest absolute Gasteiger partial charge is 0.491 e. The van der Waals surface area contributed by atoms with E-state index < -0.39 is 22.5 Å². The number of nitrogens with one attached hydrogen (secondary N) is 2. The van der Waals surface area contributed by atoms with Gasteiger partial charge in [-0.05, 0) is 52.0 Å². The lowest BCUT2D eigenvalue weighted by Gasteiger charge is -2.23. The van der Waals surface area contributed by atoms with Gasteiger partial charge in [-0.25, -0.2) is 8.42 Å². The van der Waals surface area contributed by atoms with Crippen LogP contribution in [0, 0.1) is 0 Å². The van der Waals surface area contributed by atoms with Crippen molar-refractivity contribution in [3.05, 3.63) is 54.1 Å². The Hall–Kier alpha value is -3.07. The van der Waals surface area contributed by atoms with Gasteiger partial charge in [0, 0.05) is 12.1 Å². The van der Waals surface area contributed by atoms with Gasteiger partial charge in [0.25, 0.3) is 5.91 Å². The summed E-state index contributed by atoms with van der Waals surface area (Å²) in [4.78, 5) is 25.1. The van der Waals surface area contributed by atoms with Crippen LogP contribution in [0.5, 0.6) is 5.75 Å². The number of carbonyl (C=O) groups is 2. The lowest BCUT2D eigenvalue weighted by atomic mass is 10.1. The number of carbonyl (C=O) groups excluding carboxylic acids is 2. The number of ether oxygens (including phenoxy) is 1. The molecule has 2 aromatic carbocycles. The minimum Gasteiger partial charge on any atom is -0.491 e. The van der Waals surface area contributed by atoms with Crippen LogP contribution in [-0.4, -0.2) is 45.2 Å². The molecule has 0 spiro atoms. The monoisotopic (exact) mass is 447 g/mol. The van der Waals surface area contributed by atoms with E-state index in [1.54, 1.807) is 48.5 Å². The van der Waals surface area contributed by atoms with Gasteiger partial charge in [0.1, 0.15) is 12.3 Å². The lowest BCUT2D eigenvalue weighted by molar-refractivity contribution is -0.114. The molecular formula is C22H29N3O5S. The van der Waals surface area contributed by atoms with Crippen LogP contribution >= 0.6 is 0 Å². The van der Waals surface area contributed by atoms with E-state index in [1.165, 1.54) is 0 Å². The molecule has 2 N–H and O–H groups in total. The first-order chi connectivity index (χ1) is 14.5. The summed E-state index contributed by atoms with van der Waals surface area (Å²) >= 11 is 0. The second-order valence-corrected chi connectivity index (χ2v) is 9.56. The Bertz CT molecular complexity index is 1030. The first-order valence-electron chi connectivity index (χ1n) is 9.91. The molecule has 0 aromatic heterocycles. The molecule has 0 heterocycles. The van der Waals surface area contributed by atoms with Gasteiger partial charge in [-0.1, -0.05) is 18.2 Å². The molecule has 0 fully saturated rings. The molecule has 0 aliphatic rings. The van der Waals surface area contributed by atoms with Gasteiger partial charge in [-0.3, -0.25) is 13.9 Å². The molecule has 0 bridgehead atoms. The number of sulfonamides is 1. The summed E-state index contributed by atoms with van der Waals surface area (Å²) in [6.45, 7) is 6.94. The zero-order valence-electron chi connectivity index (χ0n) is 18.4. The highest BCUT2D eigenvalue weighted by atomic mass is 32.2. The van der Waals surface area contributed by atoms with Crippen LogP contribution in [0.2, 0.25) is 0 Å². The second-order valence-electron chi connectivity index (χ2n) is 7.66. The van der Waals surface area contributed by atoms with E-state index in [1.807, 2.05) is 27.7 Å². The van der Waals surface area contributed by atoms with E-state index in [0.717, 1.165) is 10.6 Å². The van der Waals surface area contributed by atoms with E-state index in [2.05, 4.69) is 10.6 Å². The quantitative estimate of drug-likeness (QED) is 0.615. The molecule has 2 aromatic rings. The molecule has 2 amide bonds. The van der Waals surface area contributed by atoms with E-state index in [0.29, 0.717) is 22.7 Å². The third-order valence-electron chi connectivity index (χ3n) is 4.03. The SMILES string of the molecule is CC(C)NC(=O)c1ccccc1NC(=O)CN(c1cccc(OC(C)C)c1)S(C)(=O)=O. The Balaban J connectivity index is 2.25. The molecule has 0 aliphatic heterocycles. The summed E-state index contributed by atoms with van der Waals surface area (Å²) in [5.41, 5.74) is 0.903. The van der Waals surface area contributed by atoms with Crippen molar-refractivity contribution in [2.24, 2.45) is 0 Å². The smallest absolute Gasteiger partial charge is 0.253 e. The van der Waals surface area contributed by atoms with Crippen LogP contribution in [-0.2, 0) is 14.8 Å². The standard InChI is InChI=1S/C22H29N3O5S/c1-15(2)23-22(27)19-11-6-7-12-20(19)24-21(26)14-25(31(5,28)29)17-9-8-10-18(13-17)30-16(3)4/h6-13,15-16H,14H2,1-5H3,(H,23,27)(H,24,26). The molecule has 0 unspecified atom stereocenters. The summed E-state index contributed by atoms with van der Waals surface area (Å²) in [6.07, 6.45) is 0.944. The topological polar surface area (TPSA) is 105 Å². The molecule has 0 aliphatic carbocycles. The summed E-state index contributed by atoms with van der Waals surface area (Å²) in [7, 11) is -3.76. The predicted molar refractivity (Wildman–Crippen MR) is 122 cm³/mol. The first kappa shape index (κ1) is 24.2. The van der Waals surface area contributed by atoms with Crippen molar-refractivity contribution in [1.29, 1.82) is 0 Å².